The number of aliphatic hydroxyl groups excluding tert-OH is 1. The molecule has 0 aromatic carbocycles. The Bertz CT molecular complexity index is 986. The number of carbonyl (C=O) groups is 2. The van der Waals surface area contributed by atoms with Crippen LogP contribution < -0.4 is 5.32 Å². The van der Waals surface area contributed by atoms with Crippen molar-refractivity contribution < 1.29 is 37.9 Å². The van der Waals surface area contributed by atoms with Crippen LogP contribution in [0.4, 0.5) is 0 Å². The summed E-state index contributed by atoms with van der Waals surface area (Å²) in [7, 11) is -4.41. The molecule has 10 heteroatoms. The van der Waals surface area contributed by atoms with Gasteiger partial charge in [0.1, 0.15) is 12.7 Å². The second-order valence-corrected chi connectivity index (χ2v) is 16.1. The molecule has 316 valence electrons. The highest BCUT2D eigenvalue weighted by atomic mass is 31.2. The van der Waals surface area contributed by atoms with E-state index in [1.54, 1.807) is 0 Å². The Morgan fingerprint density at radius 1 is 0.574 bits per heavy atom. The van der Waals surface area contributed by atoms with Crippen LogP contribution in [0.1, 0.15) is 200 Å². The van der Waals surface area contributed by atoms with E-state index in [2.05, 4.69) is 55.6 Å². The molecule has 0 aromatic heterocycles. The number of nitrogens with one attached hydrogen (secondary N) is 1. The maximum absolute atomic E-state index is 12.1. The molecule has 1 amide bonds. The summed E-state index contributed by atoms with van der Waals surface area (Å²) in [5.74, 6) is -0.521. The molecule has 2 unspecified atom stereocenters. The third-order valence-electron chi connectivity index (χ3n) is 9.32. The lowest BCUT2D eigenvalue weighted by Gasteiger charge is -2.15. The quantitative estimate of drug-likeness (QED) is 0.0242. The number of allylic oxidation sites excluding steroid dienone is 6. The number of esters is 1. The first kappa shape index (κ1) is 52.2. The van der Waals surface area contributed by atoms with Gasteiger partial charge < -0.3 is 20.1 Å². The summed E-state index contributed by atoms with van der Waals surface area (Å²) in [5, 5.41) is 12.7. The topological polar surface area (TPSA) is 131 Å². The fourth-order valence-electron chi connectivity index (χ4n) is 5.98. The van der Waals surface area contributed by atoms with Crippen LogP contribution in [-0.4, -0.2) is 54.3 Å². The highest BCUT2D eigenvalue weighted by molar-refractivity contribution is 7.47. The molecule has 0 spiro atoms. The number of rotatable bonds is 41. The molecule has 0 aliphatic rings. The summed E-state index contributed by atoms with van der Waals surface area (Å²) >= 11 is 0. The third-order valence-corrected chi connectivity index (χ3v) is 10.3. The molecule has 2 atom stereocenters. The summed E-state index contributed by atoms with van der Waals surface area (Å²) in [6, 6.07) is 0. The first-order chi connectivity index (χ1) is 26.3. The number of hydrogen-bond donors (Lipinski definition) is 3. The van der Waals surface area contributed by atoms with E-state index in [4.69, 9.17) is 13.8 Å². The molecule has 0 saturated heterocycles. The van der Waals surface area contributed by atoms with Crippen molar-refractivity contribution in [1.82, 2.24) is 5.32 Å². The molecule has 0 aromatic rings. The van der Waals surface area contributed by atoms with Crippen molar-refractivity contribution in [3.05, 3.63) is 36.5 Å². The van der Waals surface area contributed by atoms with E-state index in [1.807, 2.05) is 0 Å². The fraction of sp³-hybridized carbons (Fsp3) is 0.818. The van der Waals surface area contributed by atoms with Crippen molar-refractivity contribution in [2.45, 2.75) is 206 Å². The molecule has 0 radical (unpaired) electrons. The number of unbranched alkanes of at least 4 members (excludes halogenated alkanes) is 22. The summed E-state index contributed by atoms with van der Waals surface area (Å²) in [5.41, 5.74) is 0. The van der Waals surface area contributed by atoms with Crippen molar-refractivity contribution in [3.8, 4) is 0 Å². The molecular weight excluding hydrogens is 701 g/mol. The SMILES string of the molecule is CCCCC/C=C\C/C=C\C/C=C\CCCCCCCCCCC(=O)NCCOP(=O)(O)OCC(O)COC(=O)CCCCCCCCCCCCCC. The van der Waals surface area contributed by atoms with Crippen LogP contribution in [0.25, 0.3) is 0 Å². The Morgan fingerprint density at radius 3 is 1.54 bits per heavy atom. The Kier molecular flexibility index (Phi) is 39.5. The molecule has 0 saturated carbocycles. The van der Waals surface area contributed by atoms with Crippen molar-refractivity contribution in [1.29, 1.82) is 0 Å². The number of phosphoric ester groups is 1. The van der Waals surface area contributed by atoms with Crippen molar-refractivity contribution >= 4 is 19.7 Å². The van der Waals surface area contributed by atoms with Crippen molar-refractivity contribution in [2.75, 3.05) is 26.4 Å². The third kappa shape index (κ3) is 41.4. The molecule has 54 heavy (non-hydrogen) atoms. The molecule has 0 aliphatic heterocycles. The Labute approximate surface area is 331 Å². The second kappa shape index (κ2) is 40.9. The van der Waals surface area contributed by atoms with Gasteiger partial charge in [0.05, 0.1) is 13.2 Å². The standard InChI is InChI=1S/C44H82NO8P/c1-3-5-7-9-11-13-15-17-18-19-20-21-22-23-24-25-26-28-30-32-34-36-43(47)45-38-39-52-54(49,50)53-41-42(46)40-51-44(48)37-35-33-31-29-27-16-14-12-10-8-6-4-2/h11,13,17-18,20-21,42,46H,3-10,12,14-16,19,22-41H2,1-2H3,(H,45,47)(H,49,50)/b13-11-,18-17-,21-20-. The molecule has 9 nitrogen and oxygen atoms in total. The zero-order valence-electron chi connectivity index (χ0n) is 34.7. The van der Waals surface area contributed by atoms with Gasteiger partial charge in [-0.15, -0.1) is 0 Å². The van der Waals surface area contributed by atoms with E-state index < -0.39 is 26.5 Å². The molecular formula is C44H82NO8P. The van der Waals surface area contributed by atoms with Gasteiger partial charge in [-0.25, -0.2) is 4.57 Å². The second-order valence-electron chi connectivity index (χ2n) is 14.7. The maximum Gasteiger partial charge on any atom is 0.472 e. The van der Waals surface area contributed by atoms with Gasteiger partial charge in [-0.1, -0.05) is 172 Å². The first-order valence-electron chi connectivity index (χ1n) is 22.0. The highest BCUT2D eigenvalue weighted by Gasteiger charge is 2.23. The summed E-state index contributed by atoms with van der Waals surface area (Å²) in [6.07, 6.45) is 45.0. The van der Waals surface area contributed by atoms with Crippen LogP contribution in [0.2, 0.25) is 0 Å². The summed E-state index contributed by atoms with van der Waals surface area (Å²) < 4.78 is 26.8. The van der Waals surface area contributed by atoms with Crippen LogP contribution >= 0.6 is 7.82 Å². The number of phosphoric acid groups is 1. The number of ether oxygens (including phenoxy) is 1. The van der Waals surface area contributed by atoms with Crippen LogP contribution in [0.5, 0.6) is 0 Å². The average Bonchev–Trinajstić information content (AvgIpc) is 3.16. The molecule has 0 fully saturated rings. The lowest BCUT2D eigenvalue weighted by molar-refractivity contribution is -0.147. The van der Waals surface area contributed by atoms with Gasteiger partial charge in [-0.2, -0.15) is 0 Å². The smallest absolute Gasteiger partial charge is 0.463 e. The van der Waals surface area contributed by atoms with Crippen molar-refractivity contribution in [3.63, 3.8) is 0 Å². The largest absolute Gasteiger partial charge is 0.472 e. The van der Waals surface area contributed by atoms with Crippen LogP contribution in [0.3, 0.4) is 0 Å². The van der Waals surface area contributed by atoms with Crippen LogP contribution in [0, 0.1) is 0 Å². The Morgan fingerprint density at radius 2 is 1.00 bits per heavy atom. The molecule has 0 rings (SSSR count). The molecule has 3 N–H and O–H groups in total. The predicted octanol–water partition coefficient (Wildman–Crippen LogP) is 12.2. The Balaban J connectivity index is 3.59. The predicted molar refractivity (Wildman–Crippen MR) is 224 cm³/mol. The van der Waals surface area contributed by atoms with E-state index in [0.717, 1.165) is 57.8 Å². The normalized spacial score (nSPS) is 13.6. The van der Waals surface area contributed by atoms with Gasteiger partial charge in [0.15, 0.2) is 0 Å². The zero-order chi connectivity index (χ0) is 39.6. The van der Waals surface area contributed by atoms with Crippen LogP contribution in [0.15, 0.2) is 36.5 Å². The molecule has 0 heterocycles. The lowest BCUT2D eigenvalue weighted by Crippen LogP contribution is -2.27. The van der Waals surface area contributed by atoms with Crippen molar-refractivity contribution in [2.24, 2.45) is 0 Å². The fourth-order valence-corrected chi connectivity index (χ4v) is 6.73. The minimum atomic E-state index is -4.41. The number of hydrogen-bond acceptors (Lipinski definition) is 7. The van der Waals surface area contributed by atoms with E-state index in [0.29, 0.717) is 6.42 Å². The number of amides is 1. The lowest BCUT2D eigenvalue weighted by atomic mass is 10.0. The average molecular weight is 784 g/mol. The van der Waals surface area contributed by atoms with Gasteiger partial charge in [0, 0.05) is 19.4 Å². The van der Waals surface area contributed by atoms with Crippen LogP contribution in [-0.2, 0) is 27.9 Å². The highest BCUT2D eigenvalue weighted by Crippen LogP contribution is 2.42. The van der Waals surface area contributed by atoms with Gasteiger partial charge in [0.2, 0.25) is 5.91 Å². The zero-order valence-corrected chi connectivity index (χ0v) is 35.6. The summed E-state index contributed by atoms with van der Waals surface area (Å²) in [4.78, 5) is 33.9. The van der Waals surface area contributed by atoms with Gasteiger partial charge in [-0.05, 0) is 51.4 Å². The van der Waals surface area contributed by atoms with E-state index in [1.165, 1.54) is 116 Å². The minimum absolute atomic E-state index is 0.0782. The Hall–Kier alpha value is -1.77. The van der Waals surface area contributed by atoms with E-state index >= 15 is 0 Å². The van der Waals surface area contributed by atoms with E-state index in [9.17, 15) is 24.2 Å². The number of carbonyl (C=O) groups excluding carboxylic acids is 2. The number of aliphatic hydroxyl groups is 1. The molecule has 0 bridgehead atoms. The summed E-state index contributed by atoms with van der Waals surface area (Å²) in [6.45, 7) is 3.52. The minimum Gasteiger partial charge on any atom is -0.463 e. The van der Waals surface area contributed by atoms with E-state index in [-0.39, 0.29) is 32.1 Å². The van der Waals surface area contributed by atoms with Gasteiger partial charge in [-0.3, -0.25) is 18.6 Å². The first-order valence-corrected chi connectivity index (χ1v) is 23.5. The maximum atomic E-state index is 12.1. The monoisotopic (exact) mass is 784 g/mol. The molecule has 0 aliphatic carbocycles. The van der Waals surface area contributed by atoms with Gasteiger partial charge in [0.25, 0.3) is 0 Å². The van der Waals surface area contributed by atoms with Gasteiger partial charge >= 0.3 is 13.8 Å².